The van der Waals surface area contributed by atoms with Crippen molar-refractivity contribution in [3.63, 3.8) is 0 Å². The molecule has 9 nitrogen and oxygen atoms in total. The lowest BCUT2D eigenvalue weighted by atomic mass is 9.63. The molecule has 8 rings (SSSR count). The molecular formula is C41H55ClN4O5S. The number of ether oxygens (including phenoxy) is 2. The van der Waals surface area contributed by atoms with Crippen molar-refractivity contribution in [2.24, 2.45) is 17.8 Å². The van der Waals surface area contributed by atoms with Crippen LogP contribution < -0.4 is 14.4 Å². The zero-order chi connectivity index (χ0) is 36.3. The number of carbonyl (C=O) groups excluding carboxylic acids is 1. The van der Waals surface area contributed by atoms with Gasteiger partial charge < -0.3 is 14.4 Å². The molecule has 2 aliphatic carbocycles. The molecule has 0 radical (unpaired) electrons. The highest BCUT2D eigenvalue weighted by atomic mass is 35.5. The molecule has 1 amide bonds. The van der Waals surface area contributed by atoms with Crippen molar-refractivity contribution in [2.45, 2.75) is 87.5 Å². The van der Waals surface area contributed by atoms with Crippen LogP contribution in [0.15, 0.2) is 48.6 Å². The van der Waals surface area contributed by atoms with E-state index in [2.05, 4.69) is 43.7 Å². The molecule has 0 aromatic heterocycles. The van der Waals surface area contributed by atoms with E-state index in [-0.39, 0.29) is 17.3 Å². The predicted octanol–water partition coefficient (Wildman–Crippen LogP) is 6.05. The number of allylic oxidation sites excluding steroid dienone is 1. The fourth-order valence-corrected chi connectivity index (χ4v) is 11.8. The summed E-state index contributed by atoms with van der Waals surface area (Å²) in [7, 11) is -2.07. The van der Waals surface area contributed by atoms with E-state index in [0.29, 0.717) is 30.6 Å². The van der Waals surface area contributed by atoms with Crippen LogP contribution in [-0.2, 0) is 26.6 Å². The fraction of sp³-hybridized carbons (Fsp3) is 0.634. The zero-order valence-electron chi connectivity index (χ0n) is 31.0. The number of sulfonamides is 1. The minimum Gasteiger partial charge on any atom is -0.490 e. The van der Waals surface area contributed by atoms with Gasteiger partial charge >= 0.3 is 0 Å². The molecule has 11 heteroatoms. The summed E-state index contributed by atoms with van der Waals surface area (Å²) in [5.74, 6) is 0.554. The Hall–Kier alpha value is -2.63. The average molecular weight is 751 g/mol. The van der Waals surface area contributed by atoms with E-state index in [9.17, 15) is 13.2 Å². The second-order valence-electron chi connectivity index (χ2n) is 16.8. The Balaban J connectivity index is 1.19. The molecule has 0 unspecified atom stereocenters. The van der Waals surface area contributed by atoms with Crippen LogP contribution in [0.5, 0.6) is 5.75 Å². The van der Waals surface area contributed by atoms with Crippen molar-refractivity contribution in [1.82, 2.24) is 14.5 Å². The third kappa shape index (κ3) is 6.69. The Morgan fingerprint density at radius 3 is 2.71 bits per heavy atom. The van der Waals surface area contributed by atoms with E-state index in [0.717, 1.165) is 87.8 Å². The Kier molecular flexibility index (Phi) is 9.94. The maximum atomic E-state index is 13.6. The predicted molar refractivity (Wildman–Crippen MR) is 206 cm³/mol. The summed E-state index contributed by atoms with van der Waals surface area (Å²) < 4.78 is 43.1. The summed E-state index contributed by atoms with van der Waals surface area (Å²) in [5.41, 5.74) is 2.98. The smallest absolute Gasteiger partial charge is 0.264 e. The largest absolute Gasteiger partial charge is 0.490 e. The minimum atomic E-state index is -3.94. The van der Waals surface area contributed by atoms with Gasteiger partial charge in [0, 0.05) is 68.4 Å². The molecule has 4 aliphatic heterocycles. The molecule has 1 spiro atoms. The van der Waals surface area contributed by atoms with E-state index in [1.54, 1.807) is 13.0 Å². The summed E-state index contributed by atoms with van der Waals surface area (Å²) in [6, 6.07) is 12.3. The number of piperazine rings is 1. The number of fused-ring (bicyclic) bond motifs is 5. The topological polar surface area (TPSA) is 91.4 Å². The van der Waals surface area contributed by atoms with Gasteiger partial charge in [-0.1, -0.05) is 36.7 Å². The van der Waals surface area contributed by atoms with Gasteiger partial charge in [-0.3, -0.25) is 14.6 Å². The molecule has 2 aromatic rings. The molecule has 7 atom stereocenters. The van der Waals surface area contributed by atoms with Gasteiger partial charge in [-0.15, -0.1) is 0 Å². The number of nitrogens with zero attached hydrogens (tertiary/aromatic N) is 3. The molecule has 3 fully saturated rings. The van der Waals surface area contributed by atoms with Crippen LogP contribution in [0, 0.1) is 17.8 Å². The number of hydrogen-bond acceptors (Lipinski definition) is 8. The Morgan fingerprint density at radius 1 is 1.04 bits per heavy atom. The van der Waals surface area contributed by atoms with Gasteiger partial charge in [0.15, 0.2) is 0 Å². The third-order valence-corrected chi connectivity index (χ3v) is 15.9. The average Bonchev–Trinajstić information content (AvgIpc) is 3.53. The Morgan fingerprint density at radius 2 is 1.90 bits per heavy atom. The number of rotatable bonds is 3. The number of hydrogen-bond donors (Lipinski definition) is 1. The second-order valence-corrected chi connectivity index (χ2v) is 19.2. The quantitative estimate of drug-likeness (QED) is 0.380. The number of nitrogens with one attached hydrogen (secondary N) is 1. The normalized spacial score (nSPS) is 35.7. The number of aryl methyl sites for hydroxylation is 1. The van der Waals surface area contributed by atoms with Crippen LogP contribution in [0.1, 0.15) is 80.3 Å². The molecule has 282 valence electrons. The highest BCUT2D eigenvalue weighted by Crippen LogP contribution is 2.49. The Labute approximate surface area is 315 Å². The van der Waals surface area contributed by atoms with Gasteiger partial charge in [0.25, 0.3) is 5.91 Å². The first-order chi connectivity index (χ1) is 25.0. The minimum absolute atomic E-state index is 0.205. The molecular weight excluding hydrogens is 696 g/mol. The van der Waals surface area contributed by atoms with Crippen molar-refractivity contribution in [1.29, 1.82) is 0 Å². The van der Waals surface area contributed by atoms with Crippen LogP contribution in [0.25, 0.3) is 0 Å². The SMILES string of the molecule is CO[C@@]1(CN2CCN3CCC[C@H]3C2)/C=C/C[C@H](C)[C@@H](C)S(=O)(=O)NC(=O)c2ccc3c(c2)N(C[C@@H]2CC[C@H]21)C[C@@]1(CCCc2cc(Cl)ccc21)CO3. The number of amides is 1. The molecule has 2 saturated heterocycles. The highest BCUT2D eigenvalue weighted by molar-refractivity contribution is 7.90. The summed E-state index contributed by atoms with van der Waals surface area (Å²) in [6.45, 7) is 10.9. The highest BCUT2D eigenvalue weighted by Gasteiger charge is 2.50. The second kappa shape index (κ2) is 14.2. The molecule has 2 aromatic carbocycles. The molecule has 4 heterocycles. The van der Waals surface area contributed by atoms with Gasteiger partial charge in [-0.2, -0.15) is 0 Å². The van der Waals surface area contributed by atoms with Crippen molar-refractivity contribution in [3.8, 4) is 5.75 Å². The lowest BCUT2D eigenvalue weighted by Gasteiger charge is -2.52. The van der Waals surface area contributed by atoms with Crippen LogP contribution in [0.2, 0.25) is 5.02 Å². The van der Waals surface area contributed by atoms with E-state index in [1.165, 1.54) is 30.5 Å². The first kappa shape index (κ1) is 36.4. The van der Waals surface area contributed by atoms with Crippen molar-refractivity contribution in [3.05, 3.63) is 70.3 Å². The van der Waals surface area contributed by atoms with Gasteiger partial charge in [-0.25, -0.2) is 13.1 Å². The summed E-state index contributed by atoms with van der Waals surface area (Å²) in [6.07, 6.45) is 12.7. The molecule has 52 heavy (non-hydrogen) atoms. The molecule has 6 aliphatic rings. The first-order valence-electron chi connectivity index (χ1n) is 19.6. The van der Waals surface area contributed by atoms with E-state index >= 15 is 0 Å². The van der Waals surface area contributed by atoms with Crippen LogP contribution in [0.4, 0.5) is 5.69 Å². The fourth-order valence-electron chi connectivity index (χ4n) is 10.4. The molecule has 1 N–H and O–H groups in total. The number of methoxy groups -OCH3 is 1. The Bertz CT molecular complexity index is 1820. The molecule has 1 saturated carbocycles. The maximum absolute atomic E-state index is 13.6. The van der Waals surface area contributed by atoms with Crippen LogP contribution in [0.3, 0.4) is 0 Å². The van der Waals surface area contributed by atoms with E-state index < -0.39 is 26.8 Å². The standard InChI is InChI=1S/C41H55ClN4O5S/c1-28-7-4-17-41(50-3,26-44-19-20-45-18-6-9-34(45)24-44)36-13-10-32(36)23-46-25-40(16-5-8-30-21-33(42)12-14-35(30)40)27-51-38-15-11-31(22-37(38)46)39(47)43-52(48,49)29(28)2/h4,11-12,14-15,17,21-22,28-29,32,34,36H,5-10,13,16,18-20,23-27H2,1-3H3,(H,43,47)/b17-4+/t28-,29+,32-,34-,36+,40-,41+/m0/s1. The van der Waals surface area contributed by atoms with E-state index in [4.69, 9.17) is 21.1 Å². The zero-order valence-corrected chi connectivity index (χ0v) is 32.6. The van der Waals surface area contributed by atoms with Gasteiger partial charge in [0.1, 0.15) is 11.4 Å². The van der Waals surface area contributed by atoms with Crippen molar-refractivity contribution >= 4 is 33.2 Å². The number of anilines is 1. The number of halogens is 1. The van der Waals surface area contributed by atoms with Crippen molar-refractivity contribution < 1.29 is 22.7 Å². The number of benzene rings is 2. The monoisotopic (exact) mass is 750 g/mol. The van der Waals surface area contributed by atoms with Crippen LogP contribution in [-0.4, -0.2) is 101 Å². The number of carbonyl (C=O) groups is 1. The summed E-state index contributed by atoms with van der Waals surface area (Å²) in [5, 5.41) is -0.0122. The van der Waals surface area contributed by atoms with Crippen LogP contribution >= 0.6 is 11.6 Å². The van der Waals surface area contributed by atoms with Gasteiger partial charge in [0.05, 0.1) is 17.5 Å². The van der Waals surface area contributed by atoms with Crippen molar-refractivity contribution in [2.75, 3.05) is 64.4 Å². The third-order valence-electron chi connectivity index (χ3n) is 13.8. The van der Waals surface area contributed by atoms with Gasteiger partial charge in [0.2, 0.25) is 10.0 Å². The summed E-state index contributed by atoms with van der Waals surface area (Å²) >= 11 is 6.51. The lowest BCUT2D eigenvalue weighted by molar-refractivity contribution is -0.0974. The molecule has 2 bridgehead atoms. The van der Waals surface area contributed by atoms with E-state index in [1.807, 2.05) is 32.2 Å². The summed E-state index contributed by atoms with van der Waals surface area (Å²) in [4.78, 5) is 21.4. The lowest BCUT2D eigenvalue weighted by Crippen LogP contribution is -2.60. The maximum Gasteiger partial charge on any atom is 0.264 e. The van der Waals surface area contributed by atoms with Gasteiger partial charge in [-0.05, 0) is 124 Å². The first-order valence-corrected chi connectivity index (χ1v) is 21.5.